The van der Waals surface area contributed by atoms with Gasteiger partial charge in [-0.3, -0.25) is 0 Å². The van der Waals surface area contributed by atoms with Gasteiger partial charge in [0.15, 0.2) is 5.82 Å². The molecule has 0 saturated carbocycles. The summed E-state index contributed by atoms with van der Waals surface area (Å²) in [6.45, 7) is 0. The Morgan fingerprint density at radius 3 is 2.44 bits per heavy atom. The Bertz CT molecular complexity index is 1150. The topological polar surface area (TPSA) is 85.3 Å². The molecule has 6 nitrogen and oxygen atoms in total. The molecule has 0 spiro atoms. The Kier molecular flexibility index (Phi) is 3.39. The zero-order chi connectivity index (χ0) is 17.6. The number of rotatable bonds is 2. The van der Waals surface area contributed by atoms with Crippen LogP contribution in [0.1, 0.15) is 0 Å². The van der Waals surface area contributed by atoms with E-state index >= 15 is 0 Å². The van der Waals surface area contributed by atoms with Crippen molar-refractivity contribution in [3.8, 4) is 11.4 Å². The number of nitrogen functional groups attached to an aromatic ring is 1. The molecule has 0 atom stereocenters. The van der Waals surface area contributed by atoms with Crippen LogP contribution in [0.3, 0.4) is 0 Å². The van der Waals surface area contributed by atoms with Gasteiger partial charge in [0.25, 0.3) is 0 Å². The van der Waals surface area contributed by atoms with Crippen molar-refractivity contribution in [2.24, 2.45) is 0 Å². The van der Waals surface area contributed by atoms with Gasteiger partial charge in [0.05, 0.1) is 5.52 Å². The van der Waals surface area contributed by atoms with Crippen molar-refractivity contribution >= 4 is 33.4 Å². The number of aromatic nitrogens is 2. The zero-order valence-corrected chi connectivity index (χ0v) is 13.9. The van der Waals surface area contributed by atoms with E-state index in [1.807, 2.05) is 61.5 Å². The zero-order valence-electron chi connectivity index (χ0n) is 13.9. The highest BCUT2D eigenvalue weighted by atomic mass is 16.4. The van der Waals surface area contributed by atoms with E-state index in [4.69, 9.17) is 10.2 Å². The Balaban J connectivity index is 2.00. The van der Waals surface area contributed by atoms with Crippen molar-refractivity contribution in [3.05, 3.63) is 59.0 Å². The van der Waals surface area contributed by atoms with Gasteiger partial charge in [0.2, 0.25) is 0 Å². The molecule has 2 N–H and O–H groups in total. The summed E-state index contributed by atoms with van der Waals surface area (Å²) in [5, 5.41) is 0.949. The first-order valence-corrected chi connectivity index (χ1v) is 7.81. The van der Waals surface area contributed by atoms with Gasteiger partial charge >= 0.3 is 5.63 Å². The fourth-order valence-electron chi connectivity index (χ4n) is 2.81. The van der Waals surface area contributed by atoms with Crippen LogP contribution in [-0.4, -0.2) is 24.1 Å². The highest BCUT2D eigenvalue weighted by molar-refractivity contribution is 6.05. The van der Waals surface area contributed by atoms with Crippen LogP contribution in [0.25, 0.3) is 33.3 Å². The lowest BCUT2D eigenvalue weighted by molar-refractivity contribution is 0.569. The van der Waals surface area contributed by atoms with E-state index in [9.17, 15) is 4.79 Å². The Morgan fingerprint density at radius 2 is 1.72 bits per heavy atom. The van der Waals surface area contributed by atoms with Crippen LogP contribution < -0.4 is 16.3 Å². The summed E-state index contributed by atoms with van der Waals surface area (Å²) in [7, 11) is 3.95. The van der Waals surface area contributed by atoms with Gasteiger partial charge in [-0.25, -0.2) is 14.8 Å². The van der Waals surface area contributed by atoms with Gasteiger partial charge in [-0.1, -0.05) is 12.1 Å². The second-order valence-corrected chi connectivity index (χ2v) is 5.98. The molecule has 0 fully saturated rings. The van der Waals surface area contributed by atoms with E-state index < -0.39 is 5.63 Å². The molecule has 4 aromatic rings. The minimum Gasteiger partial charge on any atom is -0.422 e. The number of fused-ring (bicyclic) bond motifs is 3. The summed E-state index contributed by atoms with van der Waals surface area (Å²) in [4.78, 5) is 23.2. The summed E-state index contributed by atoms with van der Waals surface area (Å²) in [6.07, 6.45) is 0. The van der Waals surface area contributed by atoms with Crippen LogP contribution in [0.2, 0.25) is 0 Å². The lowest BCUT2D eigenvalue weighted by Gasteiger charge is -2.12. The van der Waals surface area contributed by atoms with Crippen LogP contribution in [0, 0.1) is 0 Å². The Morgan fingerprint density at radius 1 is 1.00 bits per heavy atom. The number of hydrogen-bond acceptors (Lipinski definition) is 6. The van der Waals surface area contributed by atoms with E-state index in [2.05, 4.69) is 9.97 Å². The highest BCUT2D eigenvalue weighted by Crippen LogP contribution is 2.27. The van der Waals surface area contributed by atoms with Crippen molar-refractivity contribution in [3.63, 3.8) is 0 Å². The van der Waals surface area contributed by atoms with Crippen molar-refractivity contribution in [1.82, 2.24) is 9.97 Å². The average Bonchev–Trinajstić information content (AvgIpc) is 2.61. The van der Waals surface area contributed by atoms with Crippen LogP contribution >= 0.6 is 0 Å². The van der Waals surface area contributed by atoms with Crippen molar-refractivity contribution in [1.29, 1.82) is 0 Å². The van der Waals surface area contributed by atoms with Crippen molar-refractivity contribution in [2.75, 3.05) is 24.7 Å². The van der Waals surface area contributed by atoms with E-state index in [0.29, 0.717) is 16.9 Å². The molecular weight excluding hydrogens is 316 g/mol. The third-order valence-electron chi connectivity index (χ3n) is 4.13. The number of hydrogen-bond donors (Lipinski definition) is 1. The van der Waals surface area contributed by atoms with Crippen LogP contribution in [-0.2, 0) is 0 Å². The van der Waals surface area contributed by atoms with Gasteiger partial charge < -0.3 is 15.1 Å². The smallest absolute Gasteiger partial charge is 0.349 e. The van der Waals surface area contributed by atoms with Gasteiger partial charge in [-0.15, -0.1) is 0 Å². The van der Waals surface area contributed by atoms with Crippen LogP contribution in [0.15, 0.2) is 57.7 Å². The third kappa shape index (κ3) is 2.48. The quantitative estimate of drug-likeness (QED) is 0.448. The molecule has 2 aromatic carbocycles. The second kappa shape index (κ2) is 5.59. The van der Waals surface area contributed by atoms with E-state index in [-0.39, 0.29) is 11.2 Å². The fraction of sp³-hybridized carbons (Fsp3) is 0.105. The minimum atomic E-state index is -0.527. The molecule has 0 aliphatic carbocycles. The van der Waals surface area contributed by atoms with Gasteiger partial charge in [-0.05, 0) is 36.4 Å². The van der Waals surface area contributed by atoms with E-state index in [0.717, 1.165) is 16.6 Å². The molecule has 124 valence electrons. The number of benzene rings is 2. The highest BCUT2D eigenvalue weighted by Gasteiger charge is 2.15. The largest absolute Gasteiger partial charge is 0.422 e. The number of nitrogens with zero attached hydrogens (tertiary/aromatic N) is 3. The molecular formula is C19H16N4O2. The number of nitrogens with two attached hydrogens (primary N) is 1. The molecule has 0 amide bonds. The maximum Gasteiger partial charge on any atom is 0.349 e. The average molecular weight is 332 g/mol. The maximum atomic E-state index is 12.2. The summed E-state index contributed by atoms with van der Waals surface area (Å²) >= 11 is 0. The lowest BCUT2D eigenvalue weighted by Crippen LogP contribution is -2.09. The summed E-state index contributed by atoms with van der Waals surface area (Å²) in [6, 6.07) is 15.1. The van der Waals surface area contributed by atoms with Crippen molar-refractivity contribution < 1.29 is 4.42 Å². The van der Waals surface area contributed by atoms with E-state index in [1.165, 1.54) is 0 Å². The summed E-state index contributed by atoms with van der Waals surface area (Å²) in [5.74, 6) is 0.599. The SMILES string of the molecule is CN(C)c1ccc(-c2nc(N)c3c(=O)oc4ccccc4c3n2)cc1. The first-order valence-electron chi connectivity index (χ1n) is 7.81. The monoisotopic (exact) mass is 332 g/mol. The molecule has 0 bridgehead atoms. The van der Waals surface area contributed by atoms with Crippen LogP contribution in [0.4, 0.5) is 11.5 Å². The van der Waals surface area contributed by atoms with Gasteiger partial charge in [-0.2, -0.15) is 0 Å². The van der Waals surface area contributed by atoms with Crippen molar-refractivity contribution in [2.45, 2.75) is 0 Å². The molecule has 0 saturated heterocycles. The van der Waals surface area contributed by atoms with Gasteiger partial charge in [0.1, 0.15) is 16.8 Å². The summed E-state index contributed by atoms with van der Waals surface area (Å²) < 4.78 is 5.32. The number of anilines is 2. The Labute approximate surface area is 143 Å². The Hall–Kier alpha value is -3.41. The molecule has 2 heterocycles. The fourth-order valence-corrected chi connectivity index (χ4v) is 2.81. The molecule has 2 aromatic heterocycles. The molecule has 0 unspecified atom stereocenters. The second-order valence-electron chi connectivity index (χ2n) is 5.98. The molecule has 0 aliphatic heterocycles. The van der Waals surface area contributed by atoms with E-state index in [1.54, 1.807) is 6.07 Å². The predicted octanol–water partition coefficient (Wildman–Crippen LogP) is 3.05. The molecule has 25 heavy (non-hydrogen) atoms. The standard InChI is InChI=1S/C19H16N4O2/c1-23(2)12-9-7-11(8-10-12)18-21-16-13-5-3-4-6-14(13)25-19(24)15(16)17(20)22-18/h3-10H,1-2H3,(H2,20,21,22). The minimum absolute atomic E-state index is 0.121. The molecule has 0 radical (unpaired) electrons. The van der Waals surface area contributed by atoms with Gasteiger partial charge in [0, 0.05) is 30.7 Å². The predicted molar refractivity (Wildman–Crippen MR) is 99.8 cm³/mol. The molecule has 4 rings (SSSR count). The normalized spacial score (nSPS) is 11.1. The first-order chi connectivity index (χ1) is 12.0. The maximum absolute atomic E-state index is 12.2. The number of para-hydroxylation sites is 1. The summed E-state index contributed by atoms with van der Waals surface area (Å²) in [5.41, 5.74) is 8.41. The first kappa shape index (κ1) is 15.1. The lowest BCUT2D eigenvalue weighted by atomic mass is 10.1. The molecule has 6 heteroatoms. The molecule has 0 aliphatic rings. The van der Waals surface area contributed by atoms with Crippen LogP contribution in [0.5, 0.6) is 0 Å². The third-order valence-corrected chi connectivity index (χ3v) is 4.13.